The molecule has 2 unspecified atom stereocenters. The molecule has 3 nitrogen and oxygen atoms in total. The second-order valence-corrected chi connectivity index (χ2v) is 8.09. The van der Waals surface area contributed by atoms with Gasteiger partial charge in [-0.15, -0.1) is 0 Å². The standard InChI is InChI=1S/C19H19BrN2OS/c1-11-4-5-12(2)16(8-11)22-18(24)21-15-10-19(22,3)23-17-7-6-13(20)9-14(15)17/h4-9,15H,10H2,1-3H3,(H,21,24). The number of thiocarbonyl (C=S) groups is 1. The molecule has 1 fully saturated rings. The predicted molar refractivity (Wildman–Crippen MR) is 105 cm³/mol. The first-order chi connectivity index (χ1) is 11.4. The maximum absolute atomic E-state index is 6.46. The van der Waals surface area contributed by atoms with E-state index in [1.54, 1.807) is 0 Å². The molecule has 2 bridgehead atoms. The zero-order chi connectivity index (χ0) is 17.1. The van der Waals surface area contributed by atoms with Crippen LogP contribution < -0.4 is 15.0 Å². The molecule has 2 aromatic carbocycles. The summed E-state index contributed by atoms with van der Waals surface area (Å²) in [5.74, 6) is 0.919. The molecule has 2 atom stereocenters. The van der Waals surface area contributed by atoms with Crippen molar-refractivity contribution in [2.45, 2.75) is 39.0 Å². The maximum Gasteiger partial charge on any atom is 0.188 e. The van der Waals surface area contributed by atoms with Crippen LogP contribution in [0.3, 0.4) is 0 Å². The van der Waals surface area contributed by atoms with Crippen LogP contribution in [0, 0.1) is 13.8 Å². The minimum Gasteiger partial charge on any atom is -0.467 e. The zero-order valence-electron chi connectivity index (χ0n) is 13.9. The molecule has 2 aromatic rings. The third-order valence-electron chi connectivity index (χ3n) is 4.84. The Kier molecular flexibility index (Phi) is 3.62. The van der Waals surface area contributed by atoms with Crippen molar-refractivity contribution in [2.75, 3.05) is 4.90 Å². The second-order valence-electron chi connectivity index (χ2n) is 6.79. The van der Waals surface area contributed by atoms with Gasteiger partial charge in [0, 0.05) is 16.5 Å². The number of anilines is 1. The number of fused-ring (bicyclic) bond motifs is 4. The molecular formula is C19H19BrN2OS. The van der Waals surface area contributed by atoms with E-state index in [1.165, 1.54) is 11.1 Å². The minimum atomic E-state index is -0.494. The highest BCUT2D eigenvalue weighted by Gasteiger charge is 2.48. The summed E-state index contributed by atoms with van der Waals surface area (Å²) in [7, 11) is 0. The van der Waals surface area contributed by atoms with Crippen LogP contribution in [0.1, 0.15) is 36.1 Å². The Hall–Kier alpha value is -1.59. The average molecular weight is 403 g/mol. The van der Waals surface area contributed by atoms with Gasteiger partial charge in [0.2, 0.25) is 0 Å². The molecule has 0 aliphatic carbocycles. The van der Waals surface area contributed by atoms with Gasteiger partial charge in [-0.25, -0.2) is 0 Å². The lowest BCUT2D eigenvalue weighted by molar-refractivity contribution is 0.0496. The van der Waals surface area contributed by atoms with Crippen molar-refractivity contribution >= 4 is 38.9 Å². The first-order valence-electron chi connectivity index (χ1n) is 8.04. The van der Waals surface area contributed by atoms with Crippen LogP contribution in [0.5, 0.6) is 5.75 Å². The maximum atomic E-state index is 6.46. The number of hydrogen-bond donors (Lipinski definition) is 1. The summed E-state index contributed by atoms with van der Waals surface area (Å²) in [6.07, 6.45) is 0.837. The van der Waals surface area contributed by atoms with Gasteiger partial charge in [-0.1, -0.05) is 28.1 Å². The van der Waals surface area contributed by atoms with Gasteiger partial charge in [-0.3, -0.25) is 4.90 Å². The SMILES string of the molecule is Cc1ccc(C)c(N2C(=S)NC3CC2(C)Oc2ccc(Br)cc23)c1. The van der Waals surface area contributed by atoms with Gasteiger partial charge in [-0.05, 0) is 68.4 Å². The Bertz CT molecular complexity index is 853. The van der Waals surface area contributed by atoms with Crippen LogP contribution in [-0.4, -0.2) is 10.8 Å². The minimum absolute atomic E-state index is 0.171. The lowest BCUT2D eigenvalue weighted by Crippen LogP contribution is -2.65. The number of ether oxygens (including phenoxy) is 1. The van der Waals surface area contributed by atoms with Crippen LogP contribution >= 0.6 is 28.1 Å². The lowest BCUT2D eigenvalue weighted by atomic mass is 9.90. The van der Waals surface area contributed by atoms with E-state index in [-0.39, 0.29) is 6.04 Å². The fourth-order valence-corrected chi connectivity index (χ4v) is 4.48. The summed E-state index contributed by atoms with van der Waals surface area (Å²) < 4.78 is 7.51. The Morgan fingerprint density at radius 2 is 2.04 bits per heavy atom. The molecule has 4 rings (SSSR count). The Morgan fingerprint density at radius 1 is 1.25 bits per heavy atom. The molecule has 124 valence electrons. The van der Waals surface area contributed by atoms with E-state index < -0.39 is 5.72 Å². The van der Waals surface area contributed by atoms with Crippen molar-refractivity contribution < 1.29 is 4.74 Å². The van der Waals surface area contributed by atoms with Crippen LogP contribution in [0.4, 0.5) is 5.69 Å². The quantitative estimate of drug-likeness (QED) is 0.678. The lowest BCUT2D eigenvalue weighted by Gasteiger charge is -2.52. The number of nitrogens with zero attached hydrogens (tertiary/aromatic N) is 1. The molecule has 0 saturated carbocycles. The van der Waals surface area contributed by atoms with Gasteiger partial charge in [-0.2, -0.15) is 0 Å². The summed E-state index contributed by atoms with van der Waals surface area (Å²) >= 11 is 9.27. The highest BCUT2D eigenvalue weighted by molar-refractivity contribution is 9.10. The molecule has 24 heavy (non-hydrogen) atoms. The van der Waals surface area contributed by atoms with Gasteiger partial charge in [0.15, 0.2) is 10.8 Å². The van der Waals surface area contributed by atoms with E-state index in [4.69, 9.17) is 17.0 Å². The van der Waals surface area contributed by atoms with Crippen molar-refractivity contribution in [3.63, 3.8) is 0 Å². The van der Waals surface area contributed by atoms with Gasteiger partial charge in [0.1, 0.15) is 5.75 Å². The van der Waals surface area contributed by atoms with Crippen molar-refractivity contribution in [1.29, 1.82) is 0 Å². The largest absolute Gasteiger partial charge is 0.467 e. The first kappa shape index (κ1) is 15.9. The highest BCUT2D eigenvalue weighted by Crippen LogP contribution is 2.46. The number of benzene rings is 2. The molecule has 2 aliphatic rings. The number of halogens is 1. The molecule has 2 aliphatic heterocycles. The van der Waals surface area contributed by atoms with E-state index >= 15 is 0 Å². The third kappa shape index (κ3) is 2.42. The molecule has 0 spiro atoms. The number of hydrogen-bond acceptors (Lipinski definition) is 2. The number of aryl methyl sites for hydroxylation is 2. The van der Waals surface area contributed by atoms with E-state index in [0.29, 0.717) is 5.11 Å². The fraction of sp³-hybridized carbons (Fsp3) is 0.316. The van der Waals surface area contributed by atoms with Crippen LogP contribution in [-0.2, 0) is 0 Å². The van der Waals surface area contributed by atoms with Gasteiger partial charge >= 0.3 is 0 Å². The van der Waals surface area contributed by atoms with Gasteiger partial charge < -0.3 is 10.1 Å². The second kappa shape index (κ2) is 5.46. The molecule has 0 radical (unpaired) electrons. The molecule has 1 saturated heterocycles. The van der Waals surface area contributed by atoms with E-state index in [0.717, 1.165) is 27.9 Å². The molecule has 5 heteroatoms. The Balaban J connectivity index is 1.83. The first-order valence-corrected chi connectivity index (χ1v) is 9.24. The smallest absolute Gasteiger partial charge is 0.188 e. The summed E-state index contributed by atoms with van der Waals surface area (Å²) in [6, 6.07) is 12.8. The number of nitrogens with one attached hydrogen (secondary N) is 1. The molecule has 0 amide bonds. The van der Waals surface area contributed by atoms with Crippen LogP contribution in [0.25, 0.3) is 0 Å². The molecule has 0 aromatic heterocycles. The van der Waals surface area contributed by atoms with E-state index in [2.05, 4.69) is 71.2 Å². The summed E-state index contributed by atoms with van der Waals surface area (Å²) in [5.41, 5.74) is 4.17. The zero-order valence-corrected chi connectivity index (χ0v) is 16.3. The van der Waals surface area contributed by atoms with Crippen molar-refractivity contribution in [1.82, 2.24) is 5.32 Å². The summed E-state index contributed by atoms with van der Waals surface area (Å²) in [4.78, 5) is 2.13. The average Bonchev–Trinajstić information content (AvgIpc) is 2.51. The highest BCUT2D eigenvalue weighted by atomic mass is 79.9. The Labute approximate surface area is 156 Å². The van der Waals surface area contributed by atoms with Crippen molar-refractivity contribution in [3.8, 4) is 5.75 Å². The predicted octanol–water partition coefficient (Wildman–Crippen LogP) is 5.00. The van der Waals surface area contributed by atoms with Crippen LogP contribution in [0.2, 0.25) is 0 Å². The van der Waals surface area contributed by atoms with Gasteiger partial charge in [0.25, 0.3) is 0 Å². The Morgan fingerprint density at radius 3 is 2.83 bits per heavy atom. The molecular weight excluding hydrogens is 384 g/mol. The van der Waals surface area contributed by atoms with Crippen molar-refractivity contribution in [3.05, 3.63) is 57.6 Å². The van der Waals surface area contributed by atoms with Crippen LogP contribution in [0.15, 0.2) is 40.9 Å². The monoisotopic (exact) mass is 402 g/mol. The molecule has 2 heterocycles. The number of rotatable bonds is 1. The van der Waals surface area contributed by atoms with E-state index in [9.17, 15) is 0 Å². The summed E-state index contributed by atoms with van der Waals surface area (Å²) in [6.45, 7) is 6.34. The molecule has 1 N–H and O–H groups in total. The fourth-order valence-electron chi connectivity index (χ4n) is 3.67. The van der Waals surface area contributed by atoms with Crippen molar-refractivity contribution in [2.24, 2.45) is 0 Å². The van der Waals surface area contributed by atoms with E-state index in [1.807, 2.05) is 12.1 Å². The third-order valence-corrected chi connectivity index (χ3v) is 5.63. The normalized spacial score (nSPS) is 24.9. The topological polar surface area (TPSA) is 24.5 Å². The van der Waals surface area contributed by atoms with Gasteiger partial charge in [0.05, 0.1) is 11.7 Å². The summed E-state index contributed by atoms with van der Waals surface area (Å²) in [5, 5.41) is 4.22.